The Balaban J connectivity index is 0.000000286. The first-order valence-electron chi connectivity index (χ1n) is 11.9. The molecule has 6 rings (SSSR count). The molecule has 0 radical (unpaired) electrons. The Hall–Kier alpha value is -2.28. The van der Waals surface area contributed by atoms with E-state index in [2.05, 4.69) is 49.8 Å². The first-order chi connectivity index (χ1) is 17.2. The molecule has 3 N–H and O–H groups in total. The summed E-state index contributed by atoms with van der Waals surface area (Å²) in [4.78, 5) is 16.4. The number of aromatic nitrogens is 1. The van der Waals surface area contributed by atoms with Crippen molar-refractivity contribution < 1.29 is 17.8 Å². The molecule has 2 fully saturated rings. The van der Waals surface area contributed by atoms with Gasteiger partial charge in [0.15, 0.2) is 0 Å². The number of hydrogen-bond donors (Lipinski definition) is 3. The number of anilines is 2. The van der Waals surface area contributed by atoms with Crippen LogP contribution < -0.4 is 14.9 Å². The Bertz CT molecular complexity index is 1370. The van der Waals surface area contributed by atoms with Gasteiger partial charge < -0.3 is 10.2 Å². The summed E-state index contributed by atoms with van der Waals surface area (Å²) in [5, 5.41) is 4.86. The number of amides is 1. The van der Waals surface area contributed by atoms with Gasteiger partial charge in [0, 0.05) is 54.9 Å². The molecule has 1 aromatic heterocycles. The van der Waals surface area contributed by atoms with Crippen molar-refractivity contribution in [2.45, 2.75) is 31.7 Å². The molecule has 0 spiro atoms. The molecule has 12 heteroatoms. The highest BCUT2D eigenvalue weighted by Crippen LogP contribution is 2.31. The molecule has 0 bridgehead atoms. The van der Waals surface area contributed by atoms with Crippen LogP contribution in [0.25, 0.3) is 10.1 Å². The Labute approximate surface area is 219 Å². The molecular formula is C24H28ClN5O4S2. The maximum atomic E-state index is 11.6. The SMILES string of the molecule is O=C1Cc2cc(CCN3CCN(c4nsc5ccccc45)CC3)c(Cl)cc2N1.O=S(=O)(O)NC1CC1. The largest absolute Gasteiger partial charge is 0.353 e. The lowest BCUT2D eigenvalue weighted by Gasteiger charge is -2.35. The molecule has 1 saturated heterocycles. The van der Waals surface area contributed by atoms with Gasteiger partial charge in [-0.1, -0.05) is 29.8 Å². The standard InChI is InChI=1S/C21H21ClN4OS.C3H7NO3S/c22-17-13-18-15(12-20(27)23-18)11-14(17)5-6-25-7-9-26(10-8-25)21-16-3-1-2-4-19(16)28-24-21;5-8(6,7)4-3-1-2-3/h1-4,11,13H,5-10,12H2,(H,23,27);3-4H,1-2H2,(H,5,6,7). The van der Waals surface area contributed by atoms with E-state index in [1.54, 1.807) is 11.5 Å². The van der Waals surface area contributed by atoms with Crippen LogP contribution in [-0.2, 0) is 27.9 Å². The number of nitrogens with one attached hydrogen (secondary N) is 2. The topological polar surface area (TPSA) is 115 Å². The van der Waals surface area contributed by atoms with Gasteiger partial charge in [0.1, 0.15) is 5.82 Å². The quantitative estimate of drug-likeness (QED) is 0.404. The van der Waals surface area contributed by atoms with Gasteiger partial charge in [-0.3, -0.25) is 14.2 Å². The van der Waals surface area contributed by atoms with Gasteiger partial charge in [-0.05, 0) is 60.1 Å². The van der Waals surface area contributed by atoms with E-state index in [-0.39, 0.29) is 11.9 Å². The zero-order valence-corrected chi connectivity index (χ0v) is 22.0. The Morgan fingerprint density at radius 3 is 2.61 bits per heavy atom. The molecule has 1 saturated carbocycles. The van der Waals surface area contributed by atoms with Gasteiger partial charge in [-0.25, -0.2) is 0 Å². The van der Waals surface area contributed by atoms with E-state index in [1.165, 1.54) is 10.1 Å². The molecule has 36 heavy (non-hydrogen) atoms. The Morgan fingerprint density at radius 2 is 1.92 bits per heavy atom. The fourth-order valence-corrected chi connectivity index (χ4v) is 6.18. The second kappa shape index (κ2) is 10.6. The van der Waals surface area contributed by atoms with Crippen molar-refractivity contribution >= 4 is 60.9 Å². The van der Waals surface area contributed by atoms with Crippen LogP contribution in [0.3, 0.4) is 0 Å². The number of piperazine rings is 1. The van der Waals surface area contributed by atoms with Gasteiger partial charge in [-0.15, -0.1) is 0 Å². The monoisotopic (exact) mass is 549 g/mol. The van der Waals surface area contributed by atoms with Gasteiger partial charge in [0.2, 0.25) is 5.91 Å². The van der Waals surface area contributed by atoms with Crippen molar-refractivity contribution in [1.29, 1.82) is 0 Å². The van der Waals surface area contributed by atoms with Crippen molar-refractivity contribution in [2.24, 2.45) is 0 Å². The van der Waals surface area contributed by atoms with Crippen molar-refractivity contribution in [3.63, 3.8) is 0 Å². The van der Waals surface area contributed by atoms with Crippen molar-refractivity contribution in [3.05, 3.63) is 52.5 Å². The molecule has 1 amide bonds. The third-order valence-electron chi connectivity index (χ3n) is 6.52. The third-order valence-corrected chi connectivity index (χ3v) is 8.32. The normalized spacial score (nSPS) is 18.1. The predicted molar refractivity (Wildman–Crippen MR) is 143 cm³/mol. The van der Waals surface area contributed by atoms with Crippen LogP contribution in [0, 0.1) is 0 Å². The van der Waals surface area contributed by atoms with Crippen molar-refractivity contribution in [3.8, 4) is 0 Å². The number of carbonyl (C=O) groups excluding carboxylic acids is 1. The van der Waals surface area contributed by atoms with Gasteiger partial charge in [0.05, 0.1) is 11.1 Å². The highest BCUT2D eigenvalue weighted by Gasteiger charge is 2.25. The summed E-state index contributed by atoms with van der Waals surface area (Å²) < 4.78 is 35.9. The Kier molecular flexibility index (Phi) is 7.47. The van der Waals surface area contributed by atoms with E-state index in [4.69, 9.17) is 16.2 Å². The molecule has 0 atom stereocenters. The zero-order valence-electron chi connectivity index (χ0n) is 19.6. The minimum atomic E-state index is -3.91. The fraction of sp³-hybridized carbons (Fsp3) is 0.417. The molecule has 3 heterocycles. The third kappa shape index (κ3) is 6.34. The summed E-state index contributed by atoms with van der Waals surface area (Å²) in [6, 6.07) is 12.4. The van der Waals surface area contributed by atoms with E-state index in [0.29, 0.717) is 6.42 Å². The average molecular weight is 550 g/mol. The minimum absolute atomic E-state index is 0.00463. The van der Waals surface area contributed by atoms with Crippen LogP contribution >= 0.6 is 23.1 Å². The van der Waals surface area contributed by atoms with Crippen molar-refractivity contribution in [2.75, 3.05) is 42.9 Å². The number of benzene rings is 2. The van der Waals surface area contributed by atoms with E-state index in [9.17, 15) is 13.2 Å². The summed E-state index contributed by atoms with van der Waals surface area (Å²) >= 11 is 8.01. The Morgan fingerprint density at radius 1 is 1.17 bits per heavy atom. The summed E-state index contributed by atoms with van der Waals surface area (Å²) in [6.45, 7) is 5.00. The molecule has 3 aromatic rings. The molecule has 1 aliphatic carbocycles. The van der Waals surface area contributed by atoms with E-state index < -0.39 is 10.3 Å². The van der Waals surface area contributed by atoms with Crippen LogP contribution in [0.4, 0.5) is 11.5 Å². The molecule has 192 valence electrons. The minimum Gasteiger partial charge on any atom is -0.353 e. The molecule has 2 aliphatic heterocycles. The van der Waals surface area contributed by atoms with Gasteiger partial charge in [0.25, 0.3) is 0 Å². The highest BCUT2D eigenvalue weighted by atomic mass is 35.5. The molecule has 2 aromatic carbocycles. The summed E-state index contributed by atoms with van der Waals surface area (Å²) in [5.74, 6) is 1.17. The van der Waals surface area contributed by atoms with Gasteiger partial charge >= 0.3 is 10.3 Å². The number of halogens is 1. The van der Waals surface area contributed by atoms with E-state index >= 15 is 0 Å². The molecule has 9 nitrogen and oxygen atoms in total. The fourth-order valence-electron chi connectivity index (χ4n) is 4.46. The van der Waals surface area contributed by atoms with E-state index in [1.807, 2.05) is 10.8 Å². The molecule has 3 aliphatic rings. The summed E-state index contributed by atoms with van der Waals surface area (Å²) in [7, 11) is -3.91. The first kappa shape index (κ1) is 25.4. The molecule has 0 unspecified atom stereocenters. The summed E-state index contributed by atoms with van der Waals surface area (Å²) in [6.07, 6.45) is 3.05. The van der Waals surface area contributed by atoms with Crippen LogP contribution in [0.2, 0.25) is 5.02 Å². The lowest BCUT2D eigenvalue weighted by molar-refractivity contribution is -0.115. The number of rotatable bonds is 6. The number of fused-ring (bicyclic) bond motifs is 2. The first-order valence-corrected chi connectivity index (χ1v) is 14.5. The number of hydrogen-bond acceptors (Lipinski definition) is 7. The van der Waals surface area contributed by atoms with Crippen molar-refractivity contribution in [1.82, 2.24) is 14.0 Å². The summed E-state index contributed by atoms with van der Waals surface area (Å²) in [5.41, 5.74) is 3.05. The highest BCUT2D eigenvalue weighted by molar-refractivity contribution is 7.83. The number of carbonyl (C=O) groups is 1. The average Bonchev–Trinajstić information content (AvgIpc) is 3.40. The second-order valence-corrected chi connectivity index (χ2v) is 11.7. The van der Waals surface area contributed by atoms with Crippen LogP contribution in [0.15, 0.2) is 36.4 Å². The smallest absolute Gasteiger partial charge is 0.333 e. The van der Waals surface area contributed by atoms with Gasteiger partial charge in [-0.2, -0.15) is 17.5 Å². The lowest BCUT2D eigenvalue weighted by atomic mass is 10.1. The predicted octanol–water partition coefficient (Wildman–Crippen LogP) is 3.35. The lowest BCUT2D eigenvalue weighted by Crippen LogP contribution is -2.47. The maximum absolute atomic E-state index is 11.6. The zero-order chi connectivity index (χ0) is 25.3. The van der Waals surface area contributed by atoms with Crippen LogP contribution in [-0.4, -0.2) is 66.9 Å². The molecular weight excluding hydrogens is 522 g/mol. The van der Waals surface area contributed by atoms with Crippen LogP contribution in [0.5, 0.6) is 0 Å². The van der Waals surface area contributed by atoms with Crippen LogP contribution in [0.1, 0.15) is 24.0 Å². The number of nitrogens with zero attached hydrogens (tertiary/aromatic N) is 3. The second-order valence-electron chi connectivity index (χ2n) is 9.27. The van der Waals surface area contributed by atoms with E-state index in [0.717, 1.165) is 79.6 Å². The maximum Gasteiger partial charge on any atom is 0.333 e.